The Morgan fingerprint density at radius 2 is 1.64 bits per heavy atom. The maximum Gasteiger partial charge on any atom is 0.416 e. The topological polar surface area (TPSA) is 142 Å². The number of thioether (sulfide) groups is 1. The SMILES string of the molecule is CCOc1cc(C(=O)NCc2nnc(SCC(=O)Nc3nnc(C)s3)n2-c2cccc(C(F)(F)F)c2)cc(OCC)c1OCC. The molecule has 0 atom stereocenters. The van der Waals surface area contributed by atoms with Gasteiger partial charge in [0.05, 0.1) is 43.4 Å². The minimum Gasteiger partial charge on any atom is -0.490 e. The number of nitrogens with one attached hydrogen (secondary N) is 2. The molecule has 0 bridgehead atoms. The summed E-state index contributed by atoms with van der Waals surface area (Å²) in [4.78, 5) is 25.8. The van der Waals surface area contributed by atoms with Crippen molar-refractivity contribution in [1.82, 2.24) is 30.3 Å². The van der Waals surface area contributed by atoms with Gasteiger partial charge in [-0.1, -0.05) is 29.2 Å². The van der Waals surface area contributed by atoms with Gasteiger partial charge in [0, 0.05) is 5.56 Å². The van der Waals surface area contributed by atoms with Gasteiger partial charge < -0.3 is 19.5 Å². The molecule has 2 N–H and O–H groups in total. The molecule has 2 heterocycles. The number of rotatable bonds is 14. The molecule has 0 aliphatic rings. The van der Waals surface area contributed by atoms with Crippen molar-refractivity contribution in [3.63, 3.8) is 0 Å². The van der Waals surface area contributed by atoms with E-state index in [0.29, 0.717) is 47.2 Å². The van der Waals surface area contributed by atoms with E-state index in [4.69, 9.17) is 14.2 Å². The lowest BCUT2D eigenvalue weighted by molar-refractivity contribution is -0.137. The van der Waals surface area contributed by atoms with E-state index in [1.807, 2.05) is 6.92 Å². The number of hydrogen-bond donors (Lipinski definition) is 2. The van der Waals surface area contributed by atoms with Gasteiger partial charge >= 0.3 is 6.18 Å². The summed E-state index contributed by atoms with van der Waals surface area (Å²) in [6, 6.07) is 7.62. The average molecular weight is 666 g/mol. The average Bonchev–Trinajstić information content (AvgIpc) is 3.61. The van der Waals surface area contributed by atoms with Gasteiger partial charge in [-0.25, -0.2) is 0 Å². The molecule has 12 nitrogen and oxygen atoms in total. The van der Waals surface area contributed by atoms with Crippen LogP contribution in [0.15, 0.2) is 41.6 Å². The lowest BCUT2D eigenvalue weighted by Gasteiger charge is -2.17. The number of nitrogens with zero attached hydrogens (tertiary/aromatic N) is 5. The lowest BCUT2D eigenvalue weighted by Crippen LogP contribution is -2.25. The predicted octanol–water partition coefficient (Wildman–Crippen LogP) is 5.30. The number of amides is 2. The van der Waals surface area contributed by atoms with Gasteiger partial charge in [0.15, 0.2) is 22.5 Å². The molecule has 0 fully saturated rings. The fourth-order valence-corrected chi connectivity index (χ4v) is 5.38. The summed E-state index contributed by atoms with van der Waals surface area (Å²) in [5, 5.41) is 22.4. The molecule has 0 unspecified atom stereocenters. The Morgan fingerprint density at radius 3 is 2.24 bits per heavy atom. The van der Waals surface area contributed by atoms with Crippen LogP contribution in [-0.4, -0.2) is 62.3 Å². The predicted molar refractivity (Wildman–Crippen MR) is 161 cm³/mol. The van der Waals surface area contributed by atoms with Crippen LogP contribution in [0.4, 0.5) is 18.3 Å². The first kappa shape index (κ1) is 33.5. The molecule has 0 aliphatic heterocycles. The van der Waals surface area contributed by atoms with Crippen molar-refractivity contribution in [3.8, 4) is 22.9 Å². The maximum absolute atomic E-state index is 13.6. The maximum atomic E-state index is 13.6. The number of hydrogen-bond acceptors (Lipinski definition) is 11. The van der Waals surface area contributed by atoms with Crippen LogP contribution in [0.25, 0.3) is 5.69 Å². The first-order chi connectivity index (χ1) is 21.5. The van der Waals surface area contributed by atoms with Crippen molar-refractivity contribution in [3.05, 3.63) is 58.4 Å². The second-order valence-corrected chi connectivity index (χ2v) is 11.2. The third-order valence-electron chi connectivity index (χ3n) is 5.82. The Bertz CT molecular complexity index is 1620. The zero-order chi connectivity index (χ0) is 32.6. The van der Waals surface area contributed by atoms with Gasteiger partial charge in [-0.15, -0.1) is 20.4 Å². The molecule has 2 aromatic carbocycles. The summed E-state index contributed by atoms with van der Waals surface area (Å²) in [5.74, 6) is 0.0517. The van der Waals surface area contributed by atoms with Crippen LogP contribution in [0.3, 0.4) is 0 Å². The van der Waals surface area contributed by atoms with Gasteiger partial charge in [0.2, 0.25) is 16.8 Å². The van der Waals surface area contributed by atoms with Crippen molar-refractivity contribution in [2.45, 2.75) is 45.6 Å². The lowest BCUT2D eigenvalue weighted by atomic mass is 10.1. The molecular weight excluding hydrogens is 635 g/mol. The van der Waals surface area contributed by atoms with Crippen LogP contribution >= 0.6 is 23.1 Å². The fraction of sp³-hybridized carbons (Fsp3) is 0.357. The molecule has 45 heavy (non-hydrogen) atoms. The first-order valence-corrected chi connectivity index (χ1v) is 15.5. The highest BCUT2D eigenvalue weighted by atomic mass is 32.2. The van der Waals surface area contributed by atoms with Crippen molar-refractivity contribution in [1.29, 1.82) is 0 Å². The van der Waals surface area contributed by atoms with Gasteiger partial charge in [-0.2, -0.15) is 13.2 Å². The Morgan fingerprint density at radius 1 is 0.956 bits per heavy atom. The van der Waals surface area contributed by atoms with Gasteiger partial charge in [0.25, 0.3) is 5.91 Å². The van der Waals surface area contributed by atoms with E-state index in [9.17, 15) is 22.8 Å². The Kier molecular flexibility index (Phi) is 11.2. The van der Waals surface area contributed by atoms with Crippen molar-refractivity contribution in [2.24, 2.45) is 0 Å². The quantitative estimate of drug-likeness (QED) is 0.170. The standard InChI is InChI=1S/C28H30F3N7O5S2/c1-5-41-20-11-17(12-21(42-6-2)24(20)43-7-3)25(40)32-14-22-35-37-27(44-15-23(39)33-26-36-34-16(4)45-26)38(22)19-10-8-9-18(13-19)28(29,30)31/h8-13H,5-7,14-15H2,1-4H3,(H,32,40)(H,33,36,39). The van der Waals surface area contributed by atoms with Crippen LogP contribution in [0.2, 0.25) is 0 Å². The first-order valence-electron chi connectivity index (χ1n) is 13.7. The second kappa shape index (κ2) is 15.1. The van der Waals surface area contributed by atoms with Crippen LogP contribution in [-0.2, 0) is 17.5 Å². The molecule has 4 rings (SSSR count). The molecule has 2 aromatic heterocycles. The van der Waals surface area contributed by atoms with Crippen LogP contribution in [0.5, 0.6) is 17.2 Å². The van der Waals surface area contributed by atoms with E-state index in [0.717, 1.165) is 23.9 Å². The number of benzene rings is 2. The Hall–Kier alpha value is -4.38. The summed E-state index contributed by atoms with van der Waals surface area (Å²) in [5.41, 5.74) is -0.584. The van der Waals surface area contributed by atoms with Gasteiger partial charge in [-0.3, -0.25) is 19.5 Å². The number of halogens is 3. The van der Waals surface area contributed by atoms with E-state index < -0.39 is 23.6 Å². The Labute approximate surface area is 264 Å². The zero-order valence-corrected chi connectivity index (χ0v) is 26.4. The molecule has 4 aromatic rings. The molecule has 0 saturated carbocycles. The highest BCUT2D eigenvalue weighted by Gasteiger charge is 2.31. The molecule has 0 spiro atoms. The van der Waals surface area contributed by atoms with Crippen molar-refractivity contribution >= 4 is 40.0 Å². The van der Waals surface area contributed by atoms with Gasteiger partial charge in [0.1, 0.15) is 5.01 Å². The monoisotopic (exact) mass is 665 g/mol. The molecule has 240 valence electrons. The van der Waals surface area contributed by atoms with E-state index in [2.05, 4.69) is 31.0 Å². The second-order valence-electron chi connectivity index (χ2n) is 9.03. The van der Waals surface area contributed by atoms with Crippen molar-refractivity contribution in [2.75, 3.05) is 30.9 Å². The van der Waals surface area contributed by atoms with E-state index >= 15 is 0 Å². The third kappa shape index (κ3) is 8.63. The number of alkyl halides is 3. The molecule has 0 aliphatic carbocycles. The van der Waals surface area contributed by atoms with Crippen LogP contribution in [0, 0.1) is 6.92 Å². The number of aromatic nitrogens is 5. The van der Waals surface area contributed by atoms with E-state index in [1.165, 1.54) is 40.2 Å². The number of carbonyl (C=O) groups is 2. The normalized spacial score (nSPS) is 11.3. The van der Waals surface area contributed by atoms with Crippen molar-refractivity contribution < 1.29 is 37.0 Å². The Balaban J connectivity index is 1.61. The largest absolute Gasteiger partial charge is 0.490 e. The van der Waals surface area contributed by atoms with E-state index in [-0.39, 0.29) is 34.5 Å². The highest BCUT2D eigenvalue weighted by Crippen LogP contribution is 2.39. The van der Waals surface area contributed by atoms with Crippen LogP contribution in [0.1, 0.15) is 47.5 Å². The summed E-state index contributed by atoms with van der Waals surface area (Å²) in [7, 11) is 0. The summed E-state index contributed by atoms with van der Waals surface area (Å²) in [6.07, 6.45) is -4.60. The third-order valence-corrected chi connectivity index (χ3v) is 7.50. The van der Waals surface area contributed by atoms with Gasteiger partial charge in [-0.05, 0) is 58.0 Å². The molecular formula is C28H30F3N7O5S2. The summed E-state index contributed by atoms with van der Waals surface area (Å²) >= 11 is 2.15. The molecule has 0 radical (unpaired) electrons. The molecule has 0 saturated heterocycles. The molecule has 17 heteroatoms. The smallest absolute Gasteiger partial charge is 0.416 e. The molecule has 2 amide bonds. The number of ether oxygens (including phenoxy) is 3. The zero-order valence-electron chi connectivity index (χ0n) is 24.7. The number of carbonyl (C=O) groups excluding carboxylic acids is 2. The minimum absolute atomic E-state index is 0.0973. The minimum atomic E-state index is -4.60. The summed E-state index contributed by atoms with van der Waals surface area (Å²) in [6.45, 7) is 7.90. The summed E-state index contributed by atoms with van der Waals surface area (Å²) < 4.78 is 59.1. The van der Waals surface area contributed by atoms with Crippen LogP contribution < -0.4 is 24.8 Å². The fourth-order valence-electron chi connectivity index (χ4n) is 4.00. The number of aryl methyl sites for hydroxylation is 1. The van der Waals surface area contributed by atoms with E-state index in [1.54, 1.807) is 20.8 Å². The highest BCUT2D eigenvalue weighted by molar-refractivity contribution is 7.99. The number of anilines is 1.